The summed E-state index contributed by atoms with van der Waals surface area (Å²) in [7, 11) is 0. The summed E-state index contributed by atoms with van der Waals surface area (Å²) >= 11 is 0. The number of rotatable bonds is 3. The maximum Gasteiger partial charge on any atom is 0.255 e. The number of carbonyl (C=O) groups is 1. The number of amides is 1. The molecule has 1 aromatic carbocycles. The van der Waals surface area contributed by atoms with Gasteiger partial charge in [-0.15, -0.1) is 0 Å². The third kappa shape index (κ3) is 2.15. The fourth-order valence-corrected chi connectivity index (χ4v) is 2.42. The molecule has 2 aromatic rings. The highest BCUT2D eigenvalue weighted by Crippen LogP contribution is 2.40. The van der Waals surface area contributed by atoms with E-state index in [2.05, 4.69) is 22.2 Å². The molecule has 20 heavy (non-hydrogen) atoms. The van der Waals surface area contributed by atoms with Gasteiger partial charge >= 0.3 is 0 Å². The van der Waals surface area contributed by atoms with E-state index in [0.29, 0.717) is 23.8 Å². The van der Waals surface area contributed by atoms with Crippen molar-refractivity contribution in [1.29, 1.82) is 0 Å². The number of aromatic amines is 1. The summed E-state index contributed by atoms with van der Waals surface area (Å²) in [6, 6.07) is 5.71. The maximum absolute atomic E-state index is 12.3. The lowest BCUT2D eigenvalue weighted by atomic mass is 9.97. The molecule has 1 aliphatic heterocycles. The number of fused-ring (bicyclic) bond motifs is 1. The number of benzene rings is 1. The molecule has 104 valence electrons. The molecule has 2 heterocycles. The van der Waals surface area contributed by atoms with Crippen LogP contribution < -0.4 is 10.1 Å². The lowest BCUT2D eigenvalue weighted by Gasteiger charge is -2.09. The van der Waals surface area contributed by atoms with E-state index in [9.17, 15) is 4.79 Å². The van der Waals surface area contributed by atoms with Gasteiger partial charge in [0.05, 0.1) is 12.1 Å². The first-order valence-corrected chi connectivity index (χ1v) is 6.73. The molecule has 1 aromatic heterocycles. The fourth-order valence-electron chi connectivity index (χ4n) is 2.42. The topological polar surface area (TPSA) is 67.0 Å². The van der Waals surface area contributed by atoms with E-state index in [4.69, 9.17) is 4.74 Å². The van der Waals surface area contributed by atoms with Crippen LogP contribution in [-0.4, -0.2) is 22.0 Å². The van der Waals surface area contributed by atoms with Crippen molar-refractivity contribution in [3.63, 3.8) is 0 Å². The highest BCUT2D eigenvalue weighted by atomic mass is 16.5. The molecule has 2 atom stereocenters. The zero-order valence-corrected chi connectivity index (χ0v) is 11.5. The molecule has 5 heteroatoms. The Morgan fingerprint density at radius 2 is 2.30 bits per heavy atom. The van der Waals surface area contributed by atoms with Crippen LogP contribution in [0.3, 0.4) is 0 Å². The minimum Gasteiger partial charge on any atom is -0.489 e. The van der Waals surface area contributed by atoms with E-state index in [0.717, 1.165) is 11.4 Å². The van der Waals surface area contributed by atoms with Crippen molar-refractivity contribution in [3.05, 3.63) is 47.5 Å². The molecule has 0 saturated heterocycles. The van der Waals surface area contributed by atoms with Gasteiger partial charge in [-0.1, -0.05) is 19.1 Å². The molecule has 3 rings (SSSR count). The first kappa shape index (κ1) is 12.7. The zero-order valence-electron chi connectivity index (χ0n) is 11.5. The highest BCUT2D eigenvalue weighted by molar-refractivity contribution is 5.97. The highest BCUT2D eigenvalue weighted by Gasteiger charge is 2.30. The lowest BCUT2D eigenvalue weighted by Crippen LogP contribution is -2.24. The molecule has 0 saturated carbocycles. The number of nitrogens with zero attached hydrogens (tertiary/aromatic N) is 1. The molecular weight excluding hydrogens is 254 g/mol. The number of imidazole rings is 1. The molecule has 0 spiro atoms. The second kappa shape index (κ2) is 5.00. The Labute approximate surface area is 117 Å². The monoisotopic (exact) mass is 271 g/mol. The van der Waals surface area contributed by atoms with Gasteiger partial charge in [-0.2, -0.15) is 0 Å². The van der Waals surface area contributed by atoms with Crippen LogP contribution in [0.5, 0.6) is 5.75 Å². The first-order valence-electron chi connectivity index (χ1n) is 6.73. The summed E-state index contributed by atoms with van der Waals surface area (Å²) in [6.45, 7) is 4.51. The number of hydrogen-bond acceptors (Lipinski definition) is 3. The Balaban J connectivity index is 1.79. The predicted octanol–water partition coefficient (Wildman–Crippen LogP) is 2.22. The van der Waals surface area contributed by atoms with Gasteiger partial charge in [0.2, 0.25) is 0 Å². The first-order chi connectivity index (χ1) is 9.66. The van der Waals surface area contributed by atoms with Gasteiger partial charge in [-0.25, -0.2) is 4.98 Å². The normalized spacial score (nSPS) is 20.3. The Kier molecular flexibility index (Phi) is 3.18. The third-order valence-electron chi connectivity index (χ3n) is 3.76. The second-order valence-corrected chi connectivity index (χ2v) is 5.05. The molecule has 2 N–H and O–H groups in total. The van der Waals surface area contributed by atoms with Crippen molar-refractivity contribution in [3.8, 4) is 5.75 Å². The summed E-state index contributed by atoms with van der Waals surface area (Å²) in [5.74, 6) is 1.61. The van der Waals surface area contributed by atoms with Crippen molar-refractivity contribution >= 4 is 5.91 Å². The Hall–Kier alpha value is -2.30. The van der Waals surface area contributed by atoms with Gasteiger partial charge in [-0.3, -0.25) is 4.79 Å². The fraction of sp³-hybridized carbons (Fsp3) is 0.333. The molecule has 0 fully saturated rings. The number of para-hydroxylation sites is 1. The summed E-state index contributed by atoms with van der Waals surface area (Å²) < 4.78 is 5.82. The second-order valence-electron chi connectivity index (χ2n) is 5.05. The van der Waals surface area contributed by atoms with Crippen LogP contribution in [0.2, 0.25) is 0 Å². The lowest BCUT2D eigenvalue weighted by molar-refractivity contribution is 0.0945. The van der Waals surface area contributed by atoms with E-state index in [-0.39, 0.29) is 12.0 Å². The largest absolute Gasteiger partial charge is 0.489 e. The Morgan fingerprint density at radius 3 is 3.05 bits per heavy atom. The van der Waals surface area contributed by atoms with Gasteiger partial charge in [0.15, 0.2) is 0 Å². The van der Waals surface area contributed by atoms with Gasteiger partial charge in [0.25, 0.3) is 5.91 Å². The maximum atomic E-state index is 12.3. The number of hydrogen-bond donors (Lipinski definition) is 2. The molecule has 0 bridgehead atoms. The summed E-state index contributed by atoms with van der Waals surface area (Å²) in [5.41, 5.74) is 1.69. The summed E-state index contributed by atoms with van der Waals surface area (Å²) in [6.07, 6.45) is 3.49. The van der Waals surface area contributed by atoms with Crippen LogP contribution in [-0.2, 0) is 6.54 Å². The van der Waals surface area contributed by atoms with Gasteiger partial charge in [0, 0.05) is 23.9 Å². The minimum atomic E-state index is -0.139. The average molecular weight is 271 g/mol. The quantitative estimate of drug-likeness (QED) is 0.899. The van der Waals surface area contributed by atoms with Gasteiger partial charge in [-0.05, 0) is 13.0 Å². The Bertz CT molecular complexity index is 622. The van der Waals surface area contributed by atoms with E-state index in [1.165, 1.54) is 0 Å². The van der Waals surface area contributed by atoms with Crippen molar-refractivity contribution in [2.75, 3.05) is 0 Å². The summed E-state index contributed by atoms with van der Waals surface area (Å²) in [4.78, 5) is 19.3. The molecular formula is C15H17N3O2. The predicted molar refractivity (Wildman–Crippen MR) is 74.7 cm³/mol. The number of H-pyrrole nitrogens is 1. The van der Waals surface area contributed by atoms with Crippen LogP contribution in [0.25, 0.3) is 0 Å². The van der Waals surface area contributed by atoms with Crippen molar-refractivity contribution in [1.82, 2.24) is 15.3 Å². The standard InChI is InChI=1S/C15H17N3O2/c1-9-10(2)20-14-11(9)4-3-5-12(14)15(19)18-8-13-16-6-7-17-13/h3-7,9-10H,8H2,1-2H3,(H,16,17)(H,18,19). The molecule has 0 radical (unpaired) electrons. The zero-order chi connectivity index (χ0) is 14.1. The third-order valence-corrected chi connectivity index (χ3v) is 3.76. The van der Waals surface area contributed by atoms with E-state index in [1.54, 1.807) is 18.5 Å². The van der Waals surface area contributed by atoms with E-state index in [1.807, 2.05) is 19.1 Å². The van der Waals surface area contributed by atoms with Crippen LogP contribution in [0.1, 0.15) is 41.5 Å². The SMILES string of the molecule is CC1Oc2c(C(=O)NCc3ncc[nH]3)cccc2C1C. The smallest absolute Gasteiger partial charge is 0.255 e. The van der Waals surface area contributed by atoms with Crippen molar-refractivity contribution < 1.29 is 9.53 Å². The Morgan fingerprint density at radius 1 is 1.45 bits per heavy atom. The number of ether oxygens (including phenoxy) is 1. The van der Waals surface area contributed by atoms with Gasteiger partial charge in [0.1, 0.15) is 17.7 Å². The summed E-state index contributed by atoms with van der Waals surface area (Å²) in [5, 5.41) is 2.85. The van der Waals surface area contributed by atoms with Crippen LogP contribution in [0, 0.1) is 0 Å². The van der Waals surface area contributed by atoms with E-state index < -0.39 is 0 Å². The minimum absolute atomic E-state index is 0.101. The number of carbonyl (C=O) groups excluding carboxylic acids is 1. The average Bonchev–Trinajstić information content (AvgIpc) is 3.06. The van der Waals surface area contributed by atoms with Crippen molar-refractivity contribution in [2.45, 2.75) is 32.4 Å². The van der Waals surface area contributed by atoms with Crippen LogP contribution in [0.15, 0.2) is 30.6 Å². The molecule has 5 nitrogen and oxygen atoms in total. The number of aromatic nitrogens is 2. The molecule has 2 unspecified atom stereocenters. The van der Waals surface area contributed by atoms with E-state index >= 15 is 0 Å². The van der Waals surface area contributed by atoms with Crippen LogP contribution >= 0.6 is 0 Å². The number of nitrogens with one attached hydrogen (secondary N) is 2. The molecule has 1 amide bonds. The van der Waals surface area contributed by atoms with Crippen LogP contribution in [0.4, 0.5) is 0 Å². The molecule has 1 aliphatic rings. The molecule has 0 aliphatic carbocycles. The van der Waals surface area contributed by atoms with Gasteiger partial charge < -0.3 is 15.0 Å². The van der Waals surface area contributed by atoms with Crippen molar-refractivity contribution in [2.24, 2.45) is 0 Å².